The number of aryl methyl sites for hydroxylation is 1. The number of benzene rings is 1. The van der Waals surface area contributed by atoms with Crippen LogP contribution in [0, 0.1) is 5.82 Å². The Morgan fingerprint density at radius 2 is 2.21 bits per heavy atom. The van der Waals surface area contributed by atoms with Gasteiger partial charge in [-0.2, -0.15) is 0 Å². The Morgan fingerprint density at radius 3 is 2.92 bits per heavy atom. The standard InChI is InChI=1S/C18H21FN2O3/c1-13(24-15-6-3-5-14(19)11-15)18(22)21-9-10-23-12-17(21)16-7-4-8-20(16)2/h3-8,11,13,17H,9-10,12H2,1-2H3/t13-,17+/m0/s1. The summed E-state index contributed by atoms with van der Waals surface area (Å²) in [6, 6.07) is 9.59. The molecule has 0 bridgehead atoms. The van der Waals surface area contributed by atoms with Crippen molar-refractivity contribution in [2.75, 3.05) is 19.8 Å². The Balaban J connectivity index is 1.75. The van der Waals surface area contributed by atoms with Crippen LogP contribution >= 0.6 is 0 Å². The maximum absolute atomic E-state index is 13.3. The monoisotopic (exact) mass is 332 g/mol. The number of carbonyl (C=O) groups is 1. The van der Waals surface area contributed by atoms with E-state index in [1.807, 2.05) is 29.9 Å². The third kappa shape index (κ3) is 3.43. The normalized spacial score (nSPS) is 19.1. The number of aromatic nitrogens is 1. The van der Waals surface area contributed by atoms with Crippen molar-refractivity contribution in [3.05, 3.63) is 54.1 Å². The van der Waals surface area contributed by atoms with Crippen molar-refractivity contribution >= 4 is 5.91 Å². The second-order valence-corrected chi connectivity index (χ2v) is 5.88. The van der Waals surface area contributed by atoms with Gasteiger partial charge in [0.1, 0.15) is 11.6 Å². The average Bonchev–Trinajstić information content (AvgIpc) is 3.00. The van der Waals surface area contributed by atoms with Crippen molar-refractivity contribution in [2.24, 2.45) is 7.05 Å². The van der Waals surface area contributed by atoms with Crippen molar-refractivity contribution in [1.29, 1.82) is 0 Å². The van der Waals surface area contributed by atoms with Crippen LogP contribution in [0.4, 0.5) is 4.39 Å². The number of amides is 1. The third-order valence-electron chi connectivity index (χ3n) is 4.19. The Labute approximate surface area is 140 Å². The van der Waals surface area contributed by atoms with Crippen LogP contribution in [0.15, 0.2) is 42.6 Å². The van der Waals surface area contributed by atoms with E-state index in [4.69, 9.17) is 9.47 Å². The van der Waals surface area contributed by atoms with Crippen molar-refractivity contribution in [3.63, 3.8) is 0 Å². The molecule has 5 nitrogen and oxygen atoms in total. The Bertz CT molecular complexity index is 716. The smallest absolute Gasteiger partial charge is 0.264 e. The van der Waals surface area contributed by atoms with E-state index in [0.29, 0.717) is 25.5 Å². The zero-order valence-electron chi connectivity index (χ0n) is 13.8. The molecule has 1 aliphatic heterocycles. The van der Waals surface area contributed by atoms with Gasteiger partial charge in [0.25, 0.3) is 5.91 Å². The summed E-state index contributed by atoms with van der Waals surface area (Å²) in [5.41, 5.74) is 1.01. The third-order valence-corrected chi connectivity index (χ3v) is 4.19. The lowest BCUT2D eigenvalue weighted by molar-refractivity contribution is -0.147. The summed E-state index contributed by atoms with van der Waals surface area (Å²) in [4.78, 5) is 14.6. The van der Waals surface area contributed by atoms with Crippen molar-refractivity contribution in [2.45, 2.75) is 19.1 Å². The second kappa shape index (κ2) is 7.05. The predicted octanol–water partition coefficient (Wildman–Crippen LogP) is 2.53. The first-order valence-corrected chi connectivity index (χ1v) is 7.98. The fourth-order valence-electron chi connectivity index (χ4n) is 2.96. The van der Waals surface area contributed by atoms with E-state index in [1.54, 1.807) is 24.0 Å². The van der Waals surface area contributed by atoms with E-state index in [2.05, 4.69) is 0 Å². The summed E-state index contributed by atoms with van der Waals surface area (Å²) in [5.74, 6) is -0.173. The van der Waals surface area contributed by atoms with Gasteiger partial charge in [-0.3, -0.25) is 4.79 Å². The largest absolute Gasteiger partial charge is 0.481 e. The molecule has 6 heteroatoms. The SMILES string of the molecule is C[C@H](Oc1cccc(F)c1)C(=O)N1CCOC[C@@H]1c1cccn1C. The van der Waals surface area contributed by atoms with Gasteiger partial charge in [-0.15, -0.1) is 0 Å². The van der Waals surface area contributed by atoms with Gasteiger partial charge in [-0.25, -0.2) is 4.39 Å². The number of ether oxygens (including phenoxy) is 2. The van der Waals surface area contributed by atoms with Crippen molar-refractivity contribution in [1.82, 2.24) is 9.47 Å². The van der Waals surface area contributed by atoms with E-state index in [9.17, 15) is 9.18 Å². The predicted molar refractivity (Wildman–Crippen MR) is 87.2 cm³/mol. The number of hydrogen-bond donors (Lipinski definition) is 0. The van der Waals surface area contributed by atoms with Crippen molar-refractivity contribution in [3.8, 4) is 5.75 Å². The number of halogens is 1. The molecule has 1 fully saturated rings. The Morgan fingerprint density at radius 1 is 1.38 bits per heavy atom. The van der Waals surface area contributed by atoms with Gasteiger partial charge in [-0.1, -0.05) is 6.07 Å². The molecule has 2 aromatic rings. The highest BCUT2D eigenvalue weighted by molar-refractivity contribution is 5.81. The van der Waals surface area contributed by atoms with Gasteiger partial charge in [0.15, 0.2) is 6.10 Å². The van der Waals surface area contributed by atoms with Crippen LogP contribution < -0.4 is 4.74 Å². The molecule has 3 rings (SSSR count). The summed E-state index contributed by atoms with van der Waals surface area (Å²) in [6.07, 6.45) is 1.24. The number of rotatable bonds is 4. The summed E-state index contributed by atoms with van der Waals surface area (Å²) in [5, 5.41) is 0. The first kappa shape index (κ1) is 16.5. The summed E-state index contributed by atoms with van der Waals surface area (Å²) < 4.78 is 26.4. The molecule has 1 aliphatic rings. The van der Waals surface area contributed by atoms with Gasteiger partial charge in [0.05, 0.1) is 19.3 Å². The van der Waals surface area contributed by atoms with Gasteiger partial charge < -0.3 is 18.9 Å². The van der Waals surface area contributed by atoms with E-state index < -0.39 is 6.10 Å². The van der Waals surface area contributed by atoms with Crippen LogP contribution in [0.2, 0.25) is 0 Å². The lowest BCUT2D eigenvalue weighted by Crippen LogP contribution is -2.48. The Kier molecular flexibility index (Phi) is 4.85. The summed E-state index contributed by atoms with van der Waals surface area (Å²) in [7, 11) is 1.94. The molecule has 1 amide bonds. The molecule has 0 spiro atoms. The maximum atomic E-state index is 13.3. The molecule has 1 saturated heterocycles. The fourth-order valence-corrected chi connectivity index (χ4v) is 2.96. The molecule has 2 atom stereocenters. The second-order valence-electron chi connectivity index (χ2n) is 5.88. The van der Waals surface area contributed by atoms with Gasteiger partial charge in [-0.05, 0) is 31.2 Å². The molecule has 0 radical (unpaired) electrons. The van der Waals surface area contributed by atoms with Gasteiger partial charge in [0.2, 0.25) is 0 Å². The molecule has 0 N–H and O–H groups in total. The molecule has 1 aromatic heterocycles. The topological polar surface area (TPSA) is 43.7 Å². The maximum Gasteiger partial charge on any atom is 0.264 e. The van der Waals surface area contributed by atoms with Crippen LogP contribution in [0.5, 0.6) is 5.75 Å². The quantitative estimate of drug-likeness (QED) is 0.864. The van der Waals surface area contributed by atoms with Crippen LogP contribution in [-0.4, -0.2) is 41.2 Å². The highest BCUT2D eigenvalue weighted by Gasteiger charge is 2.33. The van der Waals surface area contributed by atoms with Crippen molar-refractivity contribution < 1.29 is 18.7 Å². The number of morpholine rings is 1. The highest BCUT2D eigenvalue weighted by Crippen LogP contribution is 2.26. The van der Waals surface area contributed by atoms with E-state index in [0.717, 1.165) is 5.69 Å². The molecule has 128 valence electrons. The molecule has 0 unspecified atom stereocenters. The minimum Gasteiger partial charge on any atom is -0.481 e. The van der Waals surface area contributed by atoms with E-state index in [1.165, 1.54) is 12.1 Å². The Hall–Kier alpha value is -2.34. The first-order chi connectivity index (χ1) is 11.6. The molecule has 2 heterocycles. The molecule has 0 aliphatic carbocycles. The number of hydrogen-bond acceptors (Lipinski definition) is 3. The molecular weight excluding hydrogens is 311 g/mol. The zero-order chi connectivity index (χ0) is 17.1. The highest BCUT2D eigenvalue weighted by atomic mass is 19.1. The zero-order valence-corrected chi connectivity index (χ0v) is 13.8. The van der Waals surface area contributed by atoms with Crippen LogP contribution in [0.1, 0.15) is 18.7 Å². The minimum atomic E-state index is -0.701. The number of carbonyl (C=O) groups excluding carboxylic acids is 1. The lowest BCUT2D eigenvalue weighted by Gasteiger charge is -2.37. The first-order valence-electron chi connectivity index (χ1n) is 7.98. The van der Waals surface area contributed by atoms with E-state index >= 15 is 0 Å². The minimum absolute atomic E-state index is 0.131. The average molecular weight is 332 g/mol. The summed E-state index contributed by atoms with van der Waals surface area (Å²) in [6.45, 7) is 3.14. The molecule has 0 saturated carbocycles. The van der Waals surface area contributed by atoms with Gasteiger partial charge >= 0.3 is 0 Å². The summed E-state index contributed by atoms with van der Waals surface area (Å²) >= 11 is 0. The molecule has 24 heavy (non-hydrogen) atoms. The van der Waals surface area contributed by atoms with Gasteiger partial charge in [0, 0.05) is 31.5 Å². The molecule has 1 aromatic carbocycles. The van der Waals surface area contributed by atoms with Crippen LogP contribution in [-0.2, 0) is 16.6 Å². The molecular formula is C18H21FN2O3. The fraction of sp³-hybridized carbons (Fsp3) is 0.389. The van der Waals surface area contributed by atoms with E-state index in [-0.39, 0.29) is 17.8 Å². The lowest BCUT2D eigenvalue weighted by atomic mass is 10.1. The van der Waals surface area contributed by atoms with Crippen LogP contribution in [0.25, 0.3) is 0 Å². The number of nitrogens with zero attached hydrogens (tertiary/aromatic N) is 2. The van der Waals surface area contributed by atoms with Crippen LogP contribution in [0.3, 0.4) is 0 Å².